The first kappa shape index (κ1) is 19.2. The molecule has 0 aliphatic heterocycles. The number of hydrogen-bond donors (Lipinski definition) is 1. The highest BCUT2D eigenvalue weighted by Gasteiger charge is 2.18. The van der Waals surface area contributed by atoms with Gasteiger partial charge in [0, 0.05) is 5.56 Å². The summed E-state index contributed by atoms with van der Waals surface area (Å²) in [6.07, 6.45) is 0. The van der Waals surface area contributed by atoms with Gasteiger partial charge in [0.15, 0.2) is 0 Å². The Bertz CT molecular complexity index is 718. The van der Waals surface area contributed by atoms with Gasteiger partial charge in [-0.1, -0.05) is 11.3 Å². The molecule has 0 fully saturated rings. The van der Waals surface area contributed by atoms with E-state index in [-0.39, 0.29) is 17.6 Å². The summed E-state index contributed by atoms with van der Waals surface area (Å²) >= 11 is 2.50. The van der Waals surface area contributed by atoms with Gasteiger partial charge in [-0.05, 0) is 38.1 Å². The van der Waals surface area contributed by atoms with Gasteiger partial charge in [0.1, 0.15) is 10.8 Å². The van der Waals surface area contributed by atoms with E-state index < -0.39 is 5.25 Å². The van der Waals surface area contributed by atoms with Crippen LogP contribution in [0.25, 0.3) is 10.6 Å². The number of methoxy groups -OCH3 is 1. The molecule has 1 N–H and O–H groups in total. The van der Waals surface area contributed by atoms with Crippen molar-refractivity contribution in [1.82, 2.24) is 10.2 Å². The zero-order valence-corrected chi connectivity index (χ0v) is 15.8. The van der Waals surface area contributed by atoms with E-state index in [4.69, 9.17) is 9.47 Å². The zero-order valence-electron chi connectivity index (χ0n) is 14.1. The van der Waals surface area contributed by atoms with E-state index in [1.807, 2.05) is 24.3 Å². The minimum Gasteiger partial charge on any atom is -0.497 e. The normalized spacial score (nSPS) is 11.6. The number of ether oxygens (including phenoxy) is 2. The second kappa shape index (κ2) is 9.38. The fourth-order valence-electron chi connectivity index (χ4n) is 1.80. The molecule has 0 aliphatic rings. The molecule has 1 aromatic heterocycles. The summed E-state index contributed by atoms with van der Waals surface area (Å²) < 4.78 is 9.96. The van der Waals surface area contributed by atoms with Crippen LogP contribution in [0.15, 0.2) is 24.3 Å². The number of anilines is 1. The maximum absolute atomic E-state index is 12.2. The van der Waals surface area contributed by atoms with E-state index in [1.54, 1.807) is 21.0 Å². The van der Waals surface area contributed by atoms with Gasteiger partial charge in [0.2, 0.25) is 11.0 Å². The number of nitrogens with one attached hydrogen (secondary N) is 1. The van der Waals surface area contributed by atoms with Crippen LogP contribution in [0.2, 0.25) is 0 Å². The summed E-state index contributed by atoms with van der Waals surface area (Å²) in [7, 11) is 1.61. The summed E-state index contributed by atoms with van der Waals surface area (Å²) in [6, 6.07) is 7.43. The lowest BCUT2D eigenvalue weighted by molar-refractivity contribution is -0.139. The lowest BCUT2D eigenvalue weighted by Gasteiger charge is -2.09. The number of esters is 1. The summed E-state index contributed by atoms with van der Waals surface area (Å²) in [5, 5.41) is 11.5. The Kier molecular flexibility index (Phi) is 7.20. The first-order valence-corrected chi connectivity index (χ1v) is 9.46. The standard InChI is InChI=1S/C16H19N3O4S2/c1-4-23-13(20)9-24-10(2)14(21)17-16-19-18-15(25-16)11-5-7-12(22-3)8-6-11/h5-8,10H,4,9H2,1-3H3,(H,17,19,21)/t10-/m0/s1. The Morgan fingerprint density at radius 2 is 2.00 bits per heavy atom. The van der Waals surface area contributed by atoms with Crippen LogP contribution >= 0.6 is 23.1 Å². The molecular formula is C16H19N3O4S2. The second-order valence-corrected chi connectivity index (χ2v) is 7.20. The monoisotopic (exact) mass is 381 g/mol. The molecule has 0 radical (unpaired) electrons. The molecule has 0 unspecified atom stereocenters. The minimum absolute atomic E-state index is 0.135. The first-order valence-electron chi connectivity index (χ1n) is 7.59. The van der Waals surface area contributed by atoms with E-state index in [1.165, 1.54) is 23.1 Å². The topological polar surface area (TPSA) is 90.4 Å². The molecule has 7 nitrogen and oxygen atoms in total. The molecule has 134 valence electrons. The summed E-state index contributed by atoms with van der Waals surface area (Å²) in [4.78, 5) is 23.5. The highest BCUT2D eigenvalue weighted by atomic mass is 32.2. The Morgan fingerprint density at radius 1 is 1.28 bits per heavy atom. The van der Waals surface area contributed by atoms with Crippen LogP contribution in [0.5, 0.6) is 5.75 Å². The molecule has 9 heteroatoms. The van der Waals surface area contributed by atoms with Crippen molar-refractivity contribution in [2.24, 2.45) is 0 Å². The second-order valence-electron chi connectivity index (χ2n) is 4.89. The number of aromatic nitrogens is 2. The van der Waals surface area contributed by atoms with Crippen molar-refractivity contribution in [2.75, 3.05) is 24.8 Å². The highest BCUT2D eigenvalue weighted by Crippen LogP contribution is 2.28. The van der Waals surface area contributed by atoms with Crippen molar-refractivity contribution in [3.8, 4) is 16.3 Å². The number of carbonyl (C=O) groups excluding carboxylic acids is 2. The predicted molar refractivity (Wildman–Crippen MR) is 99.1 cm³/mol. The van der Waals surface area contributed by atoms with E-state index in [0.29, 0.717) is 16.7 Å². The third-order valence-electron chi connectivity index (χ3n) is 3.12. The molecule has 1 heterocycles. The van der Waals surface area contributed by atoms with Gasteiger partial charge in [0.05, 0.1) is 24.7 Å². The summed E-state index contributed by atoms with van der Waals surface area (Å²) in [5.41, 5.74) is 0.892. The molecule has 0 spiro atoms. The van der Waals surface area contributed by atoms with Gasteiger partial charge in [-0.3, -0.25) is 14.9 Å². The van der Waals surface area contributed by atoms with E-state index in [9.17, 15) is 9.59 Å². The third-order valence-corrected chi connectivity index (χ3v) is 5.12. The Balaban J connectivity index is 1.91. The van der Waals surface area contributed by atoms with Crippen LogP contribution in [0.4, 0.5) is 5.13 Å². The van der Waals surface area contributed by atoms with E-state index in [2.05, 4.69) is 15.5 Å². The number of amides is 1. The molecule has 0 saturated heterocycles. The maximum atomic E-state index is 12.2. The average Bonchev–Trinajstić information content (AvgIpc) is 3.08. The largest absolute Gasteiger partial charge is 0.497 e. The van der Waals surface area contributed by atoms with Crippen LogP contribution in [-0.2, 0) is 14.3 Å². The van der Waals surface area contributed by atoms with Gasteiger partial charge in [-0.2, -0.15) is 0 Å². The number of carbonyl (C=O) groups is 2. The van der Waals surface area contributed by atoms with Crippen molar-refractivity contribution in [3.05, 3.63) is 24.3 Å². The van der Waals surface area contributed by atoms with Gasteiger partial charge in [-0.25, -0.2) is 0 Å². The van der Waals surface area contributed by atoms with E-state index in [0.717, 1.165) is 11.3 Å². The molecule has 1 aromatic carbocycles. The van der Waals surface area contributed by atoms with Gasteiger partial charge < -0.3 is 9.47 Å². The molecule has 25 heavy (non-hydrogen) atoms. The van der Waals surface area contributed by atoms with E-state index >= 15 is 0 Å². The molecule has 2 aromatic rings. The van der Waals surface area contributed by atoms with Crippen LogP contribution < -0.4 is 10.1 Å². The fourth-order valence-corrected chi connectivity index (χ4v) is 3.23. The number of nitrogens with zero attached hydrogens (tertiary/aromatic N) is 2. The zero-order chi connectivity index (χ0) is 18.2. The SMILES string of the molecule is CCOC(=O)CS[C@@H](C)C(=O)Nc1nnc(-c2ccc(OC)cc2)s1. The van der Waals surface area contributed by atoms with Crippen molar-refractivity contribution < 1.29 is 19.1 Å². The lowest BCUT2D eigenvalue weighted by Crippen LogP contribution is -2.24. The molecular weight excluding hydrogens is 362 g/mol. The smallest absolute Gasteiger partial charge is 0.315 e. The van der Waals surface area contributed by atoms with Crippen molar-refractivity contribution in [2.45, 2.75) is 19.1 Å². The lowest BCUT2D eigenvalue weighted by atomic mass is 10.2. The molecule has 1 atom stereocenters. The minimum atomic E-state index is -0.405. The van der Waals surface area contributed by atoms with Crippen molar-refractivity contribution in [1.29, 1.82) is 0 Å². The number of hydrogen-bond acceptors (Lipinski definition) is 8. The molecule has 0 saturated carbocycles. The van der Waals surface area contributed by atoms with Crippen molar-refractivity contribution >= 4 is 40.1 Å². The van der Waals surface area contributed by atoms with Crippen molar-refractivity contribution in [3.63, 3.8) is 0 Å². The van der Waals surface area contributed by atoms with Gasteiger partial charge in [-0.15, -0.1) is 22.0 Å². The fraction of sp³-hybridized carbons (Fsp3) is 0.375. The number of rotatable bonds is 8. The third kappa shape index (κ3) is 5.71. The highest BCUT2D eigenvalue weighted by molar-refractivity contribution is 8.01. The number of benzene rings is 1. The molecule has 1 amide bonds. The van der Waals surface area contributed by atoms with Crippen LogP contribution in [-0.4, -0.2) is 46.8 Å². The van der Waals surface area contributed by atoms with Crippen LogP contribution in [0.3, 0.4) is 0 Å². The Hall–Kier alpha value is -2.13. The summed E-state index contributed by atoms with van der Waals surface area (Å²) in [6.45, 7) is 3.80. The van der Waals surface area contributed by atoms with Crippen LogP contribution in [0, 0.1) is 0 Å². The Labute approximate surface area is 154 Å². The average molecular weight is 381 g/mol. The van der Waals surface area contributed by atoms with Crippen LogP contribution in [0.1, 0.15) is 13.8 Å². The molecule has 0 bridgehead atoms. The Morgan fingerprint density at radius 3 is 2.64 bits per heavy atom. The predicted octanol–water partition coefficient (Wildman–Crippen LogP) is 2.84. The quantitative estimate of drug-likeness (QED) is 0.703. The summed E-state index contributed by atoms with van der Waals surface area (Å²) in [5.74, 6) is 0.334. The van der Waals surface area contributed by atoms with Gasteiger partial charge in [0.25, 0.3) is 0 Å². The molecule has 2 rings (SSSR count). The van der Waals surface area contributed by atoms with Gasteiger partial charge >= 0.3 is 5.97 Å². The first-order chi connectivity index (χ1) is 12.0. The number of thioether (sulfide) groups is 1. The molecule has 0 aliphatic carbocycles. The maximum Gasteiger partial charge on any atom is 0.315 e.